The van der Waals surface area contributed by atoms with Crippen LogP contribution >= 0.6 is 0 Å². The molecule has 35 heavy (non-hydrogen) atoms. The van der Waals surface area contributed by atoms with E-state index < -0.39 is 0 Å². The van der Waals surface area contributed by atoms with Crippen LogP contribution in [0.1, 0.15) is 25.0 Å². The second-order valence-electron chi connectivity index (χ2n) is 8.13. The lowest BCUT2D eigenvalue weighted by Crippen LogP contribution is -2.09. The number of amides is 1. The van der Waals surface area contributed by atoms with E-state index in [4.69, 9.17) is 18.6 Å². The zero-order valence-corrected chi connectivity index (χ0v) is 20.6. The van der Waals surface area contributed by atoms with E-state index in [2.05, 4.69) is 5.32 Å². The van der Waals surface area contributed by atoms with Crippen molar-refractivity contribution in [3.8, 4) is 28.4 Å². The third-order valence-corrected chi connectivity index (χ3v) is 5.85. The Morgan fingerprint density at radius 3 is 2.49 bits per heavy atom. The van der Waals surface area contributed by atoms with Crippen molar-refractivity contribution in [3.63, 3.8) is 0 Å². The van der Waals surface area contributed by atoms with Crippen LogP contribution in [0.5, 0.6) is 17.2 Å². The zero-order chi connectivity index (χ0) is 24.9. The van der Waals surface area contributed by atoms with Crippen LogP contribution in [-0.2, 0) is 4.79 Å². The summed E-state index contributed by atoms with van der Waals surface area (Å²) in [6.45, 7) is 6.28. The van der Waals surface area contributed by atoms with Crippen LogP contribution in [0.15, 0.2) is 71.4 Å². The summed E-state index contributed by atoms with van der Waals surface area (Å²) < 4.78 is 22.6. The van der Waals surface area contributed by atoms with E-state index in [0.29, 0.717) is 29.4 Å². The van der Waals surface area contributed by atoms with E-state index in [9.17, 15) is 4.79 Å². The van der Waals surface area contributed by atoms with Crippen molar-refractivity contribution in [3.05, 3.63) is 78.1 Å². The van der Waals surface area contributed by atoms with Crippen LogP contribution in [0.4, 0.5) is 5.69 Å². The highest BCUT2D eigenvalue weighted by molar-refractivity contribution is 6.05. The van der Waals surface area contributed by atoms with Crippen LogP contribution in [0.3, 0.4) is 0 Å². The van der Waals surface area contributed by atoms with Gasteiger partial charge in [0.1, 0.15) is 11.3 Å². The standard InChI is InChI=1S/C29H29NO5/c1-6-34-26-16-27-22(23(17-35-27)20-11-12-25(32-4)28(14-20)33-5)15-21(26)19(3)13-29(31)30-24-10-8-7-9-18(24)2/h7-17H,6H2,1-5H3,(H,30,31)/b19-13+. The molecule has 6 heteroatoms. The van der Waals surface area contributed by atoms with E-state index in [1.54, 1.807) is 26.6 Å². The van der Waals surface area contributed by atoms with Gasteiger partial charge in [-0.1, -0.05) is 24.3 Å². The van der Waals surface area contributed by atoms with Gasteiger partial charge in [-0.05, 0) is 61.7 Å². The average molecular weight is 472 g/mol. The summed E-state index contributed by atoms with van der Waals surface area (Å²) in [4.78, 5) is 12.8. The molecule has 3 aromatic carbocycles. The molecule has 6 nitrogen and oxygen atoms in total. The second-order valence-corrected chi connectivity index (χ2v) is 8.13. The van der Waals surface area contributed by atoms with Gasteiger partial charge in [0, 0.05) is 34.3 Å². The van der Waals surface area contributed by atoms with Crippen molar-refractivity contribution >= 4 is 28.1 Å². The molecule has 0 radical (unpaired) electrons. The zero-order valence-electron chi connectivity index (χ0n) is 20.6. The normalized spacial score (nSPS) is 11.4. The lowest BCUT2D eigenvalue weighted by molar-refractivity contribution is -0.111. The Bertz CT molecular complexity index is 1400. The van der Waals surface area contributed by atoms with Crippen LogP contribution in [-0.4, -0.2) is 26.7 Å². The number of fused-ring (bicyclic) bond motifs is 1. The SMILES string of the molecule is CCOc1cc2occ(-c3ccc(OC)c(OC)c3)c2cc1/C(C)=C/C(=O)Nc1ccccc1C. The highest BCUT2D eigenvalue weighted by Gasteiger charge is 2.17. The molecule has 0 atom stereocenters. The van der Waals surface area contributed by atoms with E-state index in [1.165, 1.54) is 0 Å². The van der Waals surface area contributed by atoms with E-state index in [1.807, 2.05) is 75.4 Å². The lowest BCUT2D eigenvalue weighted by Gasteiger charge is -2.12. The average Bonchev–Trinajstić information content (AvgIpc) is 3.27. The quantitative estimate of drug-likeness (QED) is 0.284. The van der Waals surface area contributed by atoms with Gasteiger partial charge in [-0.2, -0.15) is 0 Å². The number of carbonyl (C=O) groups is 1. The van der Waals surface area contributed by atoms with Crippen molar-refractivity contribution < 1.29 is 23.4 Å². The number of benzene rings is 3. The third-order valence-electron chi connectivity index (χ3n) is 5.85. The molecular weight excluding hydrogens is 442 g/mol. The summed E-state index contributed by atoms with van der Waals surface area (Å²) in [5.74, 6) is 1.74. The van der Waals surface area contributed by atoms with Crippen molar-refractivity contribution in [2.75, 3.05) is 26.1 Å². The number of hydrogen-bond donors (Lipinski definition) is 1. The number of nitrogens with one attached hydrogen (secondary N) is 1. The highest BCUT2D eigenvalue weighted by Crippen LogP contribution is 2.40. The number of para-hydroxylation sites is 1. The molecule has 0 saturated carbocycles. The molecule has 1 aromatic heterocycles. The first-order valence-electron chi connectivity index (χ1n) is 11.4. The minimum atomic E-state index is -0.202. The summed E-state index contributed by atoms with van der Waals surface area (Å²) in [7, 11) is 3.22. The number of methoxy groups -OCH3 is 2. The molecule has 0 aliphatic carbocycles. The molecule has 0 fully saturated rings. The first-order valence-corrected chi connectivity index (χ1v) is 11.4. The van der Waals surface area contributed by atoms with Crippen molar-refractivity contribution in [1.82, 2.24) is 0 Å². The second kappa shape index (κ2) is 10.4. The van der Waals surface area contributed by atoms with Gasteiger partial charge in [-0.15, -0.1) is 0 Å². The monoisotopic (exact) mass is 471 g/mol. The van der Waals surface area contributed by atoms with Gasteiger partial charge >= 0.3 is 0 Å². The molecule has 180 valence electrons. The molecule has 1 amide bonds. The summed E-state index contributed by atoms with van der Waals surface area (Å²) in [5, 5.41) is 3.86. The van der Waals surface area contributed by atoms with Crippen LogP contribution < -0.4 is 19.5 Å². The minimum Gasteiger partial charge on any atom is -0.493 e. The van der Waals surface area contributed by atoms with Crippen LogP contribution in [0.2, 0.25) is 0 Å². The van der Waals surface area contributed by atoms with E-state index in [-0.39, 0.29) is 5.91 Å². The molecule has 0 spiro atoms. The first kappa shape index (κ1) is 24.0. The van der Waals surface area contributed by atoms with Gasteiger partial charge in [0.05, 0.1) is 27.1 Å². The maximum atomic E-state index is 12.8. The maximum absolute atomic E-state index is 12.8. The summed E-state index contributed by atoms with van der Waals surface area (Å²) >= 11 is 0. The number of rotatable bonds is 8. The number of hydrogen-bond acceptors (Lipinski definition) is 5. The largest absolute Gasteiger partial charge is 0.493 e. The van der Waals surface area contributed by atoms with Crippen molar-refractivity contribution in [2.24, 2.45) is 0 Å². The molecule has 0 aliphatic heterocycles. The third kappa shape index (κ3) is 5.01. The molecule has 0 unspecified atom stereocenters. The smallest absolute Gasteiger partial charge is 0.248 e. The predicted octanol–water partition coefficient (Wildman–Crippen LogP) is 6.87. The molecule has 0 aliphatic rings. The van der Waals surface area contributed by atoms with Crippen LogP contribution in [0, 0.1) is 6.92 Å². The Labute approximate surface area is 205 Å². The van der Waals surface area contributed by atoms with Gasteiger partial charge in [-0.3, -0.25) is 4.79 Å². The molecule has 1 heterocycles. The Morgan fingerprint density at radius 1 is 1.00 bits per heavy atom. The summed E-state index contributed by atoms with van der Waals surface area (Å²) in [6, 6.07) is 17.3. The number of anilines is 1. The van der Waals surface area contributed by atoms with Gasteiger partial charge in [0.15, 0.2) is 11.5 Å². The molecule has 0 bridgehead atoms. The minimum absolute atomic E-state index is 0.202. The van der Waals surface area contributed by atoms with Gasteiger partial charge in [0.25, 0.3) is 0 Å². The summed E-state index contributed by atoms with van der Waals surface area (Å²) in [6.07, 6.45) is 3.31. The molecular formula is C29H29NO5. The number of ether oxygens (including phenoxy) is 3. The number of allylic oxidation sites excluding steroid dienone is 1. The highest BCUT2D eigenvalue weighted by atomic mass is 16.5. The van der Waals surface area contributed by atoms with Gasteiger partial charge in [-0.25, -0.2) is 0 Å². The Kier molecular flexibility index (Phi) is 7.11. The molecule has 1 N–H and O–H groups in total. The number of aryl methyl sites for hydroxylation is 1. The topological polar surface area (TPSA) is 69.9 Å². The van der Waals surface area contributed by atoms with Crippen LogP contribution in [0.25, 0.3) is 27.7 Å². The Morgan fingerprint density at radius 2 is 1.77 bits per heavy atom. The van der Waals surface area contributed by atoms with E-state index >= 15 is 0 Å². The lowest BCUT2D eigenvalue weighted by atomic mass is 9.99. The fraction of sp³-hybridized carbons (Fsp3) is 0.207. The predicted molar refractivity (Wildman–Crippen MR) is 139 cm³/mol. The maximum Gasteiger partial charge on any atom is 0.248 e. The number of furan rings is 1. The molecule has 0 saturated heterocycles. The molecule has 4 aromatic rings. The van der Waals surface area contributed by atoms with Crippen molar-refractivity contribution in [2.45, 2.75) is 20.8 Å². The van der Waals surface area contributed by atoms with Crippen molar-refractivity contribution in [1.29, 1.82) is 0 Å². The Hall–Kier alpha value is -4.19. The number of carbonyl (C=O) groups excluding carboxylic acids is 1. The fourth-order valence-corrected chi connectivity index (χ4v) is 4.02. The van der Waals surface area contributed by atoms with Gasteiger partial charge < -0.3 is 23.9 Å². The summed E-state index contributed by atoms with van der Waals surface area (Å²) in [5.41, 5.74) is 5.91. The van der Waals surface area contributed by atoms with E-state index in [0.717, 1.165) is 38.9 Å². The fourth-order valence-electron chi connectivity index (χ4n) is 4.02. The first-order chi connectivity index (χ1) is 16.9. The molecule has 4 rings (SSSR count). The Balaban J connectivity index is 1.75. The van der Waals surface area contributed by atoms with Gasteiger partial charge in [0.2, 0.25) is 5.91 Å².